The molecule has 0 radical (unpaired) electrons. The Morgan fingerprint density at radius 2 is 1.50 bits per heavy atom. The Morgan fingerprint density at radius 3 is 2.10 bits per heavy atom. The van der Waals surface area contributed by atoms with Crippen LogP contribution in [-0.4, -0.2) is 38.2 Å². The zero-order valence-corrected chi connectivity index (χ0v) is 17.7. The van der Waals surface area contributed by atoms with Gasteiger partial charge in [0, 0.05) is 12.5 Å². The lowest BCUT2D eigenvalue weighted by Crippen LogP contribution is -2.35. The molecule has 0 spiro atoms. The number of benzene rings is 2. The molecule has 2 atom stereocenters. The van der Waals surface area contributed by atoms with Crippen molar-refractivity contribution in [1.82, 2.24) is 5.32 Å². The van der Waals surface area contributed by atoms with Gasteiger partial charge >= 0.3 is 6.09 Å². The SMILES string of the molecule is O=C(NCCC1CC2CCC(C1)S2(=O)=O)OCC1c2ccccc2-c2ccccc21. The van der Waals surface area contributed by atoms with Gasteiger partial charge in [0.05, 0.1) is 10.5 Å². The number of rotatable bonds is 5. The minimum Gasteiger partial charge on any atom is -0.449 e. The summed E-state index contributed by atoms with van der Waals surface area (Å²) in [6.07, 6.45) is 3.51. The number of nitrogens with one attached hydrogen (secondary N) is 1. The largest absolute Gasteiger partial charge is 0.449 e. The Balaban J connectivity index is 1.13. The standard InChI is InChI=1S/C24H27NO4S/c26-24(25-12-11-16-13-17-9-10-18(14-16)30(17,27)28)29-15-23-21-7-3-1-5-19(21)20-6-2-4-8-22(20)23/h1-8,16-18,23H,9-15H2,(H,25,26). The lowest BCUT2D eigenvalue weighted by atomic mass is 9.96. The summed E-state index contributed by atoms with van der Waals surface area (Å²) in [4.78, 5) is 12.3. The van der Waals surface area contributed by atoms with E-state index in [2.05, 4.69) is 29.6 Å². The summed E-state index contributed by atoms with van der Waals surface area (Å²) in [5, 5.41) is 2.55. The summed E-state index contributed by atoms with van der Waals surface area (Å²) >= 11 is 0. The Morgan fingerprint density at radius 1 is 0.933 bits per heavy atom. The molecule has 2 unspecified atom stereocenters. The third kappa shape index (κ3) is 3.41. The van der Waals surface area contributed by atoms with E-state index in [9.17, 15) is 13.2 Å². The number of fused-ring (bicyclic) bond motifs is 5. The fourth-order valence-corrected chi connectivity index (χ4v) is 8.13. The third-order valence-corrected chi connectivity index (χ3v) is 9.81. The number of ether oxygens (including phenoxy) is 1. The van der Waals surface area contributed by atoms with Crippen LogP contribution in [0.4, 0.5) is 4.79 Å². The quantitative estimate of drug-likeness (QED) is 0.776. The minimum absolute atomic E-state index is 0.0577. The van der Waals surface area contributed by atoms with E-state index in [0.717, 1.165) is 32.1 Å². The molecule has 1 N–H and O–H groups in total. The van der Waals surface area contributed by atoms with Crippen molar-refractivity contribution >= 4 is 15.9 Å². The maximum atomic E-state index is 12.3. The molecule has 3 aliphatic rings. The van der Waals surface area contributed by atoms with Gasteiger partial charge in [-0.3, -0.25) is 0 Å². The highest BCUT2D eigenvalue weighted by molar-refractivity contribution is 7.93. The molecule has 1 amide bonds. The van der Waals surface area contributed by atoms with Gasteiger partial charge < -0.3 is 10.1 Å². The fraction of sp³-hybridized carbons (Fsp3) is 0.458. The van der Waals surface area contributed by atoms with E-state index in [1.54, 1.807) is 0 Å². The number of carbonyl (C=O) groups is 1. The van der Waals surface area contributed by atoms with E-state index in [0.29, 0.717) is 19.1 Å². The Labute approximate surface area is 177 Å². The van der Waals surface area contributed by atoms with E-state index in [-0.39, 0.29) is 16.4 Å². The molecule has 158 valence electrons. The highest BCUT2D eigenvalue weighted by atomic mass is 32.2. The molecule has 6 heteroatoms. The predicted molar refractivity (Wildman–Crippen MR) is 116 cm³/mol. The fourth-order valence-electron chi connectivity index (χ4n) is 5.58. The van der Waals surface area contributed by atoms with E-state index >= 15 is 0 Å². The number of sulfone groups is 1. The van der Waals surface area contributed by atoms with Crippen molar-refractivity contribution in [2.75, 3.05) is 13.2 Å². The second-order valence-electron chi connectivity index (χ2n) is 8.79. The van der Waals surface area contributed by atoms with E-state index in [1.165, 1.54) is 22.3 Å². The summed E-state index contributed by atoms with van der Waals surface area (Å²) in [5.74, 6) is 0.433. The first-order valence-corrected chi connectivity index (χ1v) is 12.5. The van der Waals surface area contributed by atoms with E-state index < -0.39 is 15.9 Å². The van der Waals surface area contributed by atoms with Gasteiger partial charge in [0.2, 0.25) is 0 Å². The molecule has 30 heavy (non-hydrogen) atoms. The van der Waals surface area contributed by atoms with Crippen LogP contribution in [0.2, 0.25) is 0 Å². The average molecular weight is 426 g/mol. The van der Waals surface area contributed by atoms with Crippen molar-refractivity contribution in [3.05, 3.63) is 59.7 Å². The van der Waals surface area contributed by atoms with Crippen molar-refractivity contribution in [3.8, 4) is 11.1 Å². The Hall–Kier alpha value is -2.34. The molecule has 0 aromatic heterocycles. The molecule has 2 fully saturated rings. The highest BCUT2D eigenvalue weighted by Gasteiger charge is 2.46. The molecule has 2 saturated heterocycles. The number of carbonyl (C=O) groups excluding carboxylic acids is 1. The van der Waals surface area contributed by atoms with E-state index in [1.807, 2.05) is 24.3 Å². The minimum atomic E-state index is -2.88. The van der Waals surface area contributed by atoms with Gasteiger partial charge in [-0.15, -0.1) is 0 Å². The van der Waals surface area contributed by atoms with Crippen LogP contribution < -0.4 is 5.32 Å². The Kier molecular flexibility index (Phi) is 5.05. The maximum Gasteiger partial charge on any atom is 0.407 e. The van der Waals surface area contributed by atoms with Crippen molar-refractivity contribution < 1.29 is 17.9 Å². The van der Waals surface area contributed by atoms with Gasteiger partial charge in [-0.1, -0.05) is 48.5 Å². The second-order valence-corrected chi connectivity index (χ2v) is 11.3. The number of amides is 1. The number of alkyl carbamates (subject to hydrolysis) is 1. The summed E-state index contributed by atoms with van der Waals surface area (Å²) in [7, 11) is -2.88. The van der Waals surface area contributed by atoms with Crippen LogP contribution in [0.1, 0.15) is 49.1 Å². The van der Waals surface area contributed by atoms with Crippen molar-refractivity contribution in [3.63, 3.8) is 0 Å². The lowest BCUT2D eigenvalue weighted by molar-refractivity contribution is 0.142. The molecule has 2 heterocycles. The average Bonchev–Trinajstić information content (AvgIpc) is 3.08. The van der Waals surface area contributed by atoms with Gasteiger partial charge in [0.15, 0.2) is 9.84 Å². The Bertz CT molecular complexity index is 999. The van der Waals surface area contributed by atoms with Crippen LogP contribution in [-0.2, 0) is 14.6 Å². The topological polar surface area (TPSA) is 72.5 Å². The van der Waals surface area contributed by atoms with Crippen LogP contribution in [0.5, 0.6) is 0 Å². The predicted octanol–water partition coefficient (Wildman–Crippen LogP) is 4.27. The first-order valence-electron chi connectivity index (χ1n) is 10.9. The van der Waals surface area contributed by atoms with Crippen LogP contribution in [0.25, 0.3) is 11.1 Å². The summed E-state index contributed by atoms with van der Waals surface area (Å²) in [6.45, 7) is 0.840. The molecule has 5 rings (SSSR count). The number of hydrogen-bond donors (Lipinski definition) is 1. The van der Waals surface area contributed by atoms with Crippen LogP contribution in [0.3, 0.4) is 0 Å². The molecule has 1 aliphatic carbocycles. The van der Waals surface area contributed by atoms with Gasteiger partial charge in [-0.05, 0) is 60.3 Å². The van der Waals surface area contributed by atoms with Gasteiger partial charge in [-0.25, -0.2) is 13.2 Å². The molecule has 5 nitrogen and oxygen atoms in total. The smallest absolute Gasteiger partial charge is 0.407 e. The third-order valence-electron chi connectivity index (χ3n) is 7.10. The lowest BCUT2D eigenvalue weighted by Gasteiger charge is -2.27. The molecule has 2 bridgehead atoms. The monoisotopic (exact) mass is 425 g/mol. The highest BCUT2D eigenvalue weighted by Crippen LogP contribution is 2.44. The van der Waals surface area contributed by atoms with Crippen molar-refractivity contribution in [1.29, 1.82) is 0 Å². The molecule has 2 aromatic rings. The molecule has 2 aliphatic heterocycles. The van der Waals surface area contributed by atoms with Gasteiger partial charge in [-0.2, -0.15) is 0 Å². The zero-order valence-electron chi connectivity index (χ0n) is 16.9. The first-order chi connectivity index (χ1) is 14.5. The van der Waals surface area contributed by atoms with E-state index in [4.69, 9.17) is 4.74 Å². The first kappa shape index (κ1) is 19.6. The maximum absolute atomic E-state index is 12.3. The van der Waals surface area contributed by atoms with Crippen molar-refractivity contribution in [2.24, 2.45) is 5.92 Å². The number of hydrogen-bond acceptors (Lipinski definition) is 4. The van der Waals surface area contributed by atoms with Crippen LogP contribution >= 0.6 is 0 Å². The normalized spacial score (nSPS) is 26.1. The summed E-state index contributed by atoms with van der Waals surface area (Å²) in [6, 6.07) is 16.6. The molecular weight excluding hydrogens is 398 g/mol. The molecule has 2 aromatic carbocycles. The molecule has 0 saturated carbocycles. The van der Waals surface area contributed by atoms with Crippen LogP contribution in [0, 0.1) is 5.92 Å². The summed E-state index contributed by atoms with van der Waals surface area (Å²) < 4.78 is 30.0. The second kappa shape index (κ2) is 7.73. The van der Waals surface area contributed by atoms with Gasteiger partial charge in [0.25, 0.3) is 0 Å². The van der Waals surface area contributed by atoms with Crippen molar-refractivity contribution in [2.45, 2.75) is 48.5 Å². The van der Waals surface area contributed by atoms with Crippen LogP contribution in [0.15, 0.2) is 48.5 Å². The molecular formula is C24H27NO4S. The van der Waals surface area contributed by atoms with Gasteiger partial charge in [0.1, 0.15) is 6.61 Å². The zero-order chi connectivity index (χ0) is 20.7. The summed E-state index contributed by atoms with van der Waals surface area (Å²) in [5.41, 5.74) is 4.82.